The lowest BCUT2D eigenvalue weighted by molar-refractivity contribution is 0.265. The number of anilines is 2. The number of benzene rings is 1. The molecule has 1 heterocycles. The van der Waals surface area contributed by atoms with Crippen LogP contribution in [0, 0.1) is 16.7 Å². The van der Waals surface area contributed by atoms with E-state index in [9.17, 15) is 0 Å². The van der Waals surface area contributed by atoms with Gasteiger partial charge in [0, 0.05) is 37.7 Å². The van der Waals surface area contributed by atoms with Crippen LogP contribution in [0.1, 0.15) is 35.6 Å². The van der Waals surface area contributed by atoms with Crippen molar-refractivity contribution in [2.24, 2.45) is 10.8 Å². The third-order valence-corrected chi connectivity index (χ3v) is 5.91. The van der Waals surface area contributed by atoms with Crippen LogP contribution in [-0.4, -0.2) is 47.5 Å². The van der Waals surface area contributed by atoms with Crippen molar-refractivity contribution in [2.75, 3.05) is 30.8 Å². The van der Waals surface area contributed by atoms with Crippen LogP contribution in [0.5, 0.6) is 0 Å². The number of aromatic nitrogens is 1. The second-order valence-electron chi connectivity index (χ2n) is 7.86. The molecule has 1 aliphatic rings. The Morgan fingerprint density at radius 3 is 2.84 bits per heavy atom. The summed E-state index contributed by atoms with van der Waals surface area (Å²) < 4.78 is 0. The van der Waals surface area contributed by atoms with Crippen molar-refractivity contribution in [2.45, 2.75) is 32.2 Å². The number of hydrogen-bond donors (Lipinski definition) is 4. The van der Waals surface area contributed by atoms with E-state index in [2.05, 4.69) is 39.1 Å². The minimum Gasteiger partial charge on any atom is -0.398 e. The molecule has 1 atom stereocenters. The summed E-state index contributed by atoms with van der Waals surface area (Å²) in [5.41, 5.74) is 21.8. The van der Waals surface area contributed by atoms with Gasteiger partial charge < -0.3 is 16.9 Å². The molecule has 1 aromatic carbocycles. The maximum Gasteiger partial charge on any atom is 0.146 e. The van der Waals surface area contributed by atoms with Gasteiger partial charge in [-0.25, -0.2) is 4.98 Å². The highest BCUT2D eigenvalue weighted by atomic mass is 15.3. The molecule has 0 radical (unpaired) electrons. The number of rotatable bonds is 10. The number of fused-ring (bicyclic) bond motifs is 1. The Labute approximate surface area is 189 Å². The number of nitrogens with one attached hydrogen (secondary N) is 2. The van der Waals surface area contributed by atoms with E-state index in [0.29, 0.717) is 30.2 Å². The highest BCUT2D eigenvalue weighted by Crippen LogP contribution is 2.36. The molecular weight excluding hydrogens is 400 g/mol. The summed E-state index contributed by atoms with van der Waals surface area (Å²) in [5, 5.41) is 21.1. The van der Waals surface area contributed by atoms with Gasteiger partial charge in [0.15, 0.2) is 0 Å². The molecule has 0 aliphatic heterocycles. The average Bonchev–Trinajstić information content (AvgIpc) is 3.19. The largest absolute Gasteiger partial charge is 0.398 e. The van der Waals surface area contributed by atoms with Gasteiger partial charge in [-0.3, -0.25) is 10.3 Å². The number of hydrazone groups is 1. The molecule has 6 N–H and O–H groups in total. The third-order valence-electron chi connectivity index (χ3n) is 5.91. The van der Waals surface area contributed by atoms with Crippen molar-refractivity contribution in [3.05, 3.63) is 59.3 Å². The molecule has 0 amide bonds. The van der Waals surface area contributed by atoms with Crippen molar-refractivity contribution in [3.8, 4) is 6.07 Å². The van der Waals surface area contributed by atoms with Crippen molar-refractivity contribution in [1.29, 1.82) is 10.7 Å². The minimum atomic E-state index is -0.127. The zero-order valence-electron chi connectivity index (χ0n) is 18.4. The molecule has 166 valence electrons. The van der Waals surface area contributed by atoms with Gasteiger partial charge in [-0.15, -0.1) is 0 Å². The number of nitrogen functional groups attached to an aromatic ring is 1. The summed E-state index contributed by atoms with van der Waals surface area (Å²) in [6, 6.07) is 9.47. The third kappa shape index (κ3) is 5.19. The first kappa shape index (κ1) is 23.1. The van der Waals surface area contributed by atoms with Crippen molar-refractivity contribution >= 4 is 29.0 Å². The maximum absolute atomic E-state index is 8.88. The number of allylic oxidation sites excluding steroid dienone is 1. The number of nitrogens with zero attached hydrogens (tertiary/aromatic N) is 4. The molecule has 3 rings (SSSR count). The Morgan fingerprint density at radius 1 is 1.38 bits per heavy atom. The van der Waals surface area contributed by atoms with E-state index in [1.54, 1.807) is 12.1 Å². The normalized spacial score (nSPS) is 14.2. The van der Waals surface area contributed by atoms with Gasteiger partial charge in [-0.05, 0) is 60.6 Å². The van der Waals surface area contributed by atoms with Crippen LogP contribution in [0.3, 0.4) is 0 Å². The SMILES string of the molecule is C=C1CCc2c1ccc(CCN(CCN)C(C)/C(C=N)=N/Nc1ccc(C#N)cn1)c2N. The van der Waals surface area contributed by atoms with E-state index in [-0.39, 0.29) is 6.04 Å². The summed E-state index contributed by atoms with van der Waals surface area (Å²) in [4.78, 5) is 6.34. The van der Waals surface area contributed by atoms with E-state index in [1.165, 1.54) is 23.5 Å². The quantitative estimate of drug-likeness (QED) is 0.259. The van der Waals surface area contributed by atoms with Gasteiger partial charge in [-0.2, -0.15) is 10.4 Å². The fourth-order valence-corrected chi connectivity index (χ4v) is 3.95. The molecular formula is C24H30N8. The van der Waals surface area contributed by atoms with Crippen LogP contribution in [0.4, 0.5) is 11.5 Å². The first-order valence-electron chi connectivity index (χ1n) is 10.7. The predicted molar refractivity (Wildman–Crippen MR) is 131 cm³/mol. The minimum absolute atomic E-state index is 0.127. The summed E-state index contributed by atoms with van der Waals surface area (Å²) in [5.74, 6) is 0.508. The lowest BCUT2D eigenvalue weighted by atomic mass is 9.99. The van der Waals surface area contributed by atoms with E-state index >= 15 is 0 Å². The first-order chi connectivity index (χ1) is 15.5. The molecule has 32 heavy (non-hydrogen) atoms. The predicted octanol–water partition coefficient (Wildman–Crippen LogP) is 2.80. The second kappa shape index (κ2) is 10.7. The smallest absolute Gasteiger partial charge is 0.146 e. The maximum atomic E-state index is 8.88. The highest BCUT2D eigenvalue weighted by Gasteiger charge is 2.21. The molecule has 0 spiro atoms. The van der Waals surface area contributed by atoms with E-state index in [4.69, 9.17) is 22.1 Å². The van der Waals surface area contributed by atoms with Crippen LogP contribution in [0.15, 0.2) is 42.1 Å². The zero-order valence-corrected chi connectivity index (χ0v) is 18.4. The Bertz CT molecular complexity index is 1050. The van der Waals surface area contributed by atoms with Crippen LogP contribution in [-0.2, 0) is 12.8 Å². The van der Waals surface area contributed by atoms with Gasteiger partial charge in [0.1, 0.15) is 11.9 Å². The van der Waals surface area contributed by atoms with Gasteiger partial charge >= 0.3 is 0 Å². The Kier molecular flexibility index (Phi) is 7.71. The lowest BCUT2D eigenvalue weighted by Crippen LogP contribution is -2.43. The summed E-state index contributed by atoms with van der Waals surface area (Å²) in [7, 11) is 0. The monoisotopic (exact) mass is 430 g/mol. The van der Waals surface area contributed by atoms with Crippen molar-refractivity contribution in [1.82, 2.24) is 9.88 Å². The molecule has 1 unspecified atom stereocenters. The molecule has 8 nitrogen and oxygen atoms in total. The van der Waals surface area contributed by atoms with Crippen LogP contribution in [0.25, 0.3) is 5.57 Å². The van der Waals surface area contributed by atoms with E-state index < -0.39 is 0 Å². The first-order valence-corrected chi connectivity index (χ1v) is 10.7. The standard InChI is InChI=1S/C24H30N8/c1-16-3-6-21-20(16)7-5-19(24(21)28)9-11-32(12-10-25)17(2)22(14-27)30-31-23-8-4-18(13-26)15-29-23/h4-5,7-8,14-15,17,27H,1,3,6,9-12,25,28H2,2H3,(H,29,31)/b27-14?,30-22+. The van der Waals surface area contributed by atoms with Crippen molar-refractivity contribution < 1.29 is 0 Å². The summed E-state index contributed by atoms with van der Waals surface area (Å²) in [6.45, 7) is 8.04. The topological polar surface area (TPSA) is 140 Å². The zero-order chi connectivity index (χ0) is 23.1. The second-order valence-corrected chi connectivity index (χ2v) is 7.86. The fraction of sp³-hybridized carbons (Fsp3) is 0.333. The molecule has 0 bridgehead atoms. The number of hydrogen-bond acceptors (Lipinski definition) is 8. The molecule has 0 saturated heterocycles. The number of nitriles is 1. The van der Waals surface area contributed by atoms with Crippen LogP contribution in [0.2, 0.25) is 0 Å². The number of pyridine rings is 1. The summed E-state index contributed by atoms with van der Waals surface area (Å²) in [6.07, 6.45) is 5.42. The van der Waals surface area contributed by atoms with Gasteiger partial charge in [0.05, 0.1) is 17.3 Å². The van der Waals surface area contributed by atoms with Gasteiger partial charge in [0.2, 0.25) is 0 Å². The molecule has 0 saturated carbocycles. The van der Waals surface area contributed by atoms with Gasteiger partial charge in [-0.1, -0.05) is 18.7 Å². The molecule has 1 aromatic heterocycles. The van der Waals surface area contributed by atoms with E-state index in [1.807, 2.05) is 13.0 Å². The number of nitrogens with two attached hydrogens (primary N) is 2. The molecule has 1 aliphatic carbocycles. The van der Waals surface area contributed by atoms with E-state index in [0.717, 1.165) is 42.6 Å². The highest BCUT2D eigenvalue weighted by molar-refractivity contribution is 6.31. The van der Waals surface area contributed by atoms with Crippen LogP contribution >= 0.6 is 0 Å². The van der Waals surface area contributed by atoms with Crippen molar-refractivity contribution in [3.63, 3.8) is 0 Å². The van der Waals surface area contributed by atoms with Gasteiger partial charge in [0.25, 0.3) is 0 Å². The Morgan fingerprint density at radius 2 is 2.19 bits per heavy atom. The summed E-state index contributed by atoms with van der Waals surface area (Å²) >= 11 is 0. The Balaban J connectivity index is 1.70. The molecule has 2 aromatic rings. The molecule has 8 heteroatoms. The fourth-order valence-electron chi connectivity index (χ4n) is 3.95. The molecule has 0 fully saturated rings. The van der Waals surface area contributed by atoms with Crippen LogP contribution < -0.4 is 16.9 Å². The Hall–Kier alpha value is -3.54. The lowest BCUT2D eigenvalue weighted by Gasteiger charge is -2.28. The average molecular weight is 431 g/mol.